The third-order valence-corrected chi connectivity index (χ3v) is 11.5. The number of halogens is 3. The average Bonchev–Trinajstić information content (AvgIpc) is 3.15. The van der Waals surface area contributed by atoms with Gasteiger partial charge in [0.15, 0.2) is 0 Å². The molecule has 4 aliphatic rings. The first-order valence-electron chi connectivity index (χ1n) is 18.3. The molecule has 2 fully saturated rings. The molecule has 0 aromatic heterocycles. The minimum absolute atomic E-state index is 0.142. The van der Waals surface area contributed by atoms with Crippen LogP contribution in [0.2, 0.25) is 0 Å². The SMILES string of the molecule is FC(F)(F)Oc1cc2c3c(c1)N(C1CCCCC1)c1cccc(-c4ccccc4)c1B3c1c(-c3ccccc3)cccc1N2C1CCCCC1. The quantitative estimate of drug-likeness (QED) is 0.174. The number of ether oxygens (including phenoxy) is 1. The smallest absolute Gasteiger partial charge is 0.406 e. The number of rotatable bonds is 5. The van der Waals surface area contributed by atoms with E-state index < -0.39 is 6.36 Å². The summed E-state index contributed by atoms with van der Waals surface area (Å²) in [6.45, 7) is -0.197. The van der Waals surface area contributed by atoms with Gasteiger partial charge in [-0.1, -0.05) is 123 Å². The Morgan fingerprint density at radius 1 is 0.500 bits per heavy atom. The standard InChI is InChI=1S/C43H40BF3N2O/c45-43(46,47)50-33-27-38-42-39(28-33)49(32-21-11-4-12-22-32)37-26-14-24-35(30-17-7-2-8-18-30)41(37)44(42)40-34(29-15-5-1-6-16-29)23-13-25-36(40)48(38)31-19-9-3-10-20-31/h1-2,5-8,13-18,23-28,31-32H,3-4,9-12,19-22H2. The van der Waals surface area contributed by atoms with Crippen LogP contribution in [0.3, 0.4) is 0 Å². The summed E-state index contributed by atoms with van der Waals surface area (Å²) in [6.07, 6.45) is 5.98. The zero-order valence-corrected chi connectivity index (χ0v) is 28.1. The van der Waals surface area contributed by atoms with Crippen molar-refractivity contribution in [3.8, 4) is 28.0 Å². The van der Waals surface area contributed by atoms with Gasteiger partial charge in [0.2, 0.25) is 0 Å². The summed E-state index contributed by atoms with van der Waals surface area (Å²) in [6, 6.07) is 38.0. The minimum atomic E-state index is -4.80. The summed E-state index contributed by atoms with van der Waals surface area (Å²) in [5, 5.41) is 0. The summed E-state index contributed by atoms with van der Waals surface area (Å²) in [5.74, 6) is -0.142. The van der Waals surface area contributed by atoms with Crippen LogP contribution >= 0.6 is 0 Å². The normalized spacial score (nSPS) is 17.6. The molecule has 0 atom stereocenters. The van der Waals surface area contributed by atoms with Crippen molar-refractivity contribution in [2.45, 2.75) is 82.7 Å². The molecule has 0 N–H and O–H groups in total. The van der Waals surface area contributed by atoms with Crippen molar-refractivity contribution in [1.29, 1.82) is 0 Å². The van der Waals surface area contributed by atoms with Crippen molar-refractivity contribution in [2.24, 2.45) is 0 Å². The van der Waals surface area contributed by atoms with E-state index in [0.29, 0.717) is 0 Å². The Bertz CT molecular complexity index is 1890. The molecule has 50 heavy (non-hydrogen) atoms. The maximum Gasteiger partial charge on any atom is 0.573 e. The molecule has 2 saturated carbocycles. The maximum atomic E-state index is 14.1. The van der Waals surface area contributed by atoms with Crippen LogP contribution in [0.25, 0.3) is 22.3 Å². The minimum Gasteiger partial charge on any atom is -0.406 e. The Balaban J connectivity index is 1.41. The Hall–Kier alpha value is -4.65. The van der Waals surface area contributed by atoms with Gasteiger partial charge in [0, 0.05) is 47.0 Å². The summed E-state index contributed by atoms with van der Waals surface area (Å²) < 4.78 is 47.2. The lowest BCUT2D eigenvalue weighted by Crippen LogP contribution is -2.65. The van der Waals surface area contributed by atoms with Crippen molar-refractivity contribution < 1.29 is 17.9 Å². The fraction of sp³-hybridized carbons (Fsp3) is 0.302. The first-order chi connectivity index (χ1) is 24.5. The second-order valence-corrected chi connectivity index (χ2v) is 14.4. The molecular weight excluding hydrogens is 628 g/mol. The van der Waals surface area contributed by atoms with Crippen LogP contribution in [-0.4, -0.2) is 25.2 Å². The van der Waals surface area contributed by atoms with Gasteiger partial charge in [-0.3, -0.25) is 0 Å². The molecule has 5 aromatic carbocycles. The van der Waals surface area contributed by atoms with Gasteiger partial charge < -0.3 is 14.5 Å². The third kappa shape index (κ3) is 5.37. The van der Waals surface area contributed by atoms with Gasteiger partial charge in [-0.15, -0.1) is 13.2 Å². The maximum absolute atomic E-state index is 14.1. The number of nitrogens with zero attached hydrogens (tertiary/aromatic N) is 2. The van der Waals surface area contributed by atoms with E-state index in [-0.39, 0.29) is 24.5 Å². The molecule has 2 aliphatic heterocycles. The molecule has 2 aliphatic carbocycles. The topological polar surface area (TPSA) is 15.7 Å². The summed E-state index contributed by atoms with van der Waals surface area (Å²) in [4.78, 5) is 4.82. The molecule has 7 heteroatoms. The highest BCUT2D eigenvalue weighted by Gasteiger charge is 2.48. The van der Waals surface area contributed by atoms with Gasteiger partial charge in [0.25, 0.3) is 6.71 Å². The zero-order valence-electron chi connectivity index (χ0n) is 28.1. The number of fused-ring (bicyclic) bond motifs is 4. The Morgan fingerprint density at radius 3 is 1.36 bits per heavy atom. The summed E-state index contributed by atoms with van der Waals surface area (Å²) in [7, 11) is 0. The lowest BCUT2D eigenvalue weighted by Gasteiger charge is -2.50. The van der Waals surface area contributed by atoms with Gasteiger partial charge in [0.1, 0.15) is 5.75 Å². The van der Waals surface area contributed by atoms with E-state index in [1.54, 1.807) is 12.1 Å². The van der Waals surface area contributed by atoms with Crippen molar-refractivity contribution >= 4 is 45.9 Å². The van der Waals surface area contributed by atoms with Crippen LogP contribution < -0.4 is 30.9 Å². The van der Waals surface area contributed by atoms with Gasteiger partial charge >= 0.3 is 6.36 Å². The molecule has 0 saturated heterocycles. The molecular formula is C43H40BF3N2O. The monoisotopic (exact) mass is 668 g/mol. The van der Waals surface area contributed by atoms with Crippen LogP contribution in [0, 0.1) is 0 Å². The highest BCUT2D eigenvalue weighted by molar-refractivity contribution is 7.01. The number of benzene rings is 5. The zero-order chi connectivity index (χ0) is 33.8. The van der Waals surface area contributed by atoms with Crippen LogP contribution in [0.15, 0.2) is 109 Å². The van der Waals surface area contributed by atoms with Crippen molar-refractivity contribution in [1.82, 2.24) is 0 Å². The first-order valence-corrected chi connectivity index (χ1v) is 18.3. The Kier molecular flexibility index (Phi) is 7.90. The van der Waals surface area contributed by atoms with E-state index in [1.807, 2.05) is 12.1 Å². The van der Waals surface area contributed by atoms with E-state index in [1.165, 1.54) is 34.9 Å². The number of anilines is 4. The largest absolute Gasteiger partial charge is 0.573 e. The molecule has 0 amide bonds. The van der Waals surface area contributed by atoms with Crippen molar-refractivity contribution in [3.63, 3.8) is 0 Å². The lowest BCUT2D eigenvalue weighted by molar-refractivity contribution is -0.274. The van der Waals surface area contributed by atoms with E-state index >= 15 is 0 Å². The van der Waals surface area contributed by atoms with Crippen LogP contribution in [0.5, 0.6) is 5.75 Å². The molecule has 252 valence electrons. The molecule has 5 aromatic rings. The van der Waals surface area contributed by atoms with E-state index in [0.717, 1.165) is 90.7 Å². The highest BCUT2D eigenvalue weighted by atomic mass is 19.4. The Morgan fingerprint density at radius 2 is 0.940 bits per heavy atom. The first kappa shape index (κ1) is 31.3. The number of hydrogen-bond donors (Lipinski definition) is 0. The Labute approximate surface area is 292 Å². The van der Waals surface area contributed by atoms with Gasteiger partial charge in [-0.25, -0.2) is 0 Å². The number of alkyl halides is 3. The molecule has 0 bridgehead atoms. The van der Waals surface area contributed by atoms with Gasteiger partial charge in [-0.05, 0) is 76.5 Å². The summed E-state index contributed by atoms with van der Waals surface area (Å²) >= 11 is 0. The lowest BCUT2D eigenvalue weighted by atomic mass is 9.31. The fourth-order valence-corrected chi connectivity index (χ4v) is 9.51. The molecule has 0 spiro atoms. The van der Waals surface area contributed by atoms with Crippen LogP contribution in [-0.2, 0) is 0 Å². The van der Waals surface area contributed by atoms with E-state index in [9.17, 15) is 13.2 Å². The summed E-state index contributed by atoms with van der Waals surface area (Å²) in [5.41, 5.74) is 12.1. The van der Waals surface area contributed by atoms with Gasteiger partial charge in [-0.2, -0.15) is 0 Å². The van der Waals surface area contributed by atoms with Crippen molar-refractivity contribution in [2.75, 3.05) is 9.80 Å². The third-order valence-electron chi connectivity index (χ3n) is 11.5. The fourth-order valence-electron chi connectivity index (χ4n) is 9.51. The highest BCUT2D eigenvalue weighted by Crippen LogP contribution is 2.47. The molecule has 2 heterocycles. The van der Waals surface area contributed by atoms with Crippen molar-refractivity contribution in [3.05, 3.63) is 109 Å². The molecule has 9 rings (SSSR count). The van der Waals surface area contributed by atoms with E-state index in [2.05, 4.69) is 94.7 Å². The predicted octanol–water partition coefficient (Wildman–Crippen LogP) is 10.0. The van der Waals surface area contributed by atoms with Crippen LogP contribution in [0.1, 0.15) is 64.2 Å². The average molecular weight is 669 g/mol. The van der Waals surface area contributed by atoms with E-state index in [4.69, 9.17) is 4.74 Å². The molecule has 0 unspecified atom stereocenters. The molecule has 0 radical (unpaired) electrons. The predicted molar refractivity (Wildman–Crippen MR) is 200 cm³/mol. The number of hydrogen-bond acceptors (Lipinski definition) is 3. The van der Waals surface area contributed by atoms with Gasteiger partial charge in [0.05, 0.1) is 0 Å². The second-order valence-electron chi connectivity index (χ2n) is 14.4. The molecule has 3 nitrogen and oxygen atoms in total. The second kappa shape index (κ2) is 12.6. The van der Waals surface area contributed by atoms with Crippen LogP contribution in [0.4, 0.5) is 35.9 Å².